The van der Waals surface area contributed by atoms with E-state index in [0.717, 1.165) is 12.8 Å². The van der Waals surface area contributed by atoms with Crippen LogP contribution in [-0.4, -0.2) is 49.6 Å². The third-order valence-corrected chi connectivity index (χ3v) is 2.74. The maximum Gasteiger partial charge on any atom is 0.413 e. The van der Waals surface area contributed by atoms with Gasteiger partial charge in [-0.25, -0.2) is 4.79 Å². The average molecular weight is 273 g/mol. The SMILES string of the molecule is CCCC(=O)OC(CCC)OC(=O)N1CCOCC1. The van der Waals surface area contributed by atoms with Gasteiger partial charge in [0.1, 0.15) is 0 Å². The molecule has 1 amide bonds. The number of ether oxygens (including phenoxy) is 3. The van der Waals surface area contributed by atoms with Crippen molar-refractivity contribution >= 4 is 12.1 Å². The smallest absolute Gasteiger partial charge is 0.413 e. The number of hydrogen-bond donors (Lipinski definition) is 0. The van der Waals surface area contributed by atoms with Gasteiger partial charge in [-0.05, 0) is 12.8 Å². The van der Waals surface area contributed by atoms with Gasteiger partial charge < -0.3 is 19.1 Å². The molecule has 0 aromatic rings. The van der Waals surface area contributed by atoms with Gasteiger partial charge in [-0.3, -0.25) is 4.79 Å². The Kier molecular flexibility index (Phi) is 7.25. The summed E-state index contributed by atoms with van der Waals surface area (Å²) in [5, 5.41) is 0. The largest absolute Gasteiger partial charge is 0.425 e. The van der Waals surface area contributed by atoms with Gasteiger partial charge in [-0.2, -0.15) is 0 Å². The highest BCUT2D eigenvalue weighted by atomic mass is 16.7. The van der Waals surface area contributed by atoms with E-state index >= 15 is 0 Å². The number of esters is 1. The molecule has 1 rings (SSSR count). The van der Waals surface area contributed by atoms with E-state index in [9.17, 15) is 9.59 Å². The van der Waals surface area contributed by atoms with Crippen LogP contribution < -0.4 is 0 Å². The van der Waals surface area contributed by atoms with Crippen LogP contribution in [0.15, 0.2) is 0 Å². The van der Waals surface area contributed by atoms with Gasteiger partial charge in [-0.1, -0.05) is 13.8 Å². The minimum absolute atomic E-state index is 0.323. The Bertz CT molecular complexity index is 289. The molecule has 0 aromatic heterocycles. The van der Waals surface area contributed by atoms with Gasteiger partial charge in [0.2, 0.25) is 6.29 Å². The summed E-state index contributed by atoms with van der Waals surface area (Å²) in [6.45, 7) is 5.91. The lowest BCUT2D eigenvalue weighted by molar-refractivity contribution is -0.170. The van der Waals surface area contributed by atoms with Crippen LogP contribution in [0.5, 0.6) is 0 Å². The van der Waals surface area contributed by atoms with Gasteiger partial charge in [0.15, 0.2) is 0 Å². The fraction of sp³-hybridized carbons (Fsp3) is 0.846. The van der Waals surface area contributed by atoms with Crippen LogP contribution >= 0.6 is 0 Å². The fourth-order valence-electron chi connectivity index (χ4n) is 1.72. The van der Waals surface area contributed by atoms with Crippen molar-refractivity contribution < 1.29 is 23.8 Å². The maximum absolute atomic E-state index is 11.9. The molecular weight excluding hydrogens is 250 g/mol. The number of hydrogen-bond acceptors (Lipinski definition) is 5. The molecule has 0 N–H and O–H groups in total. The van der Waals surface area contributed by atoms with Crippen molar-refractivity contribution in [3.63, 3.8) is 0 Å². The van der Waals surface area contributed by atoms with Crippen LogP contribution in [0.4, 0.5) is 4.79 Å². The number of amides is 1. The van der Waals surface area contributed by atoms with E-state index in [0.29, 0.717) is 39.1 Å². The van der Waals surface area contributed by atoms with E-state index in [2.05, 4.69) is 0 Å². The highest BCUT2D eigenvalue weighted by Crippen LogP contribution is 2.10. The molecule has 0 aromatic carbocycles. The van der Waals surface area contributed by atoms with E-state index in [1.54, 1.807) is 4.90 Å². The normalized spacial score (nSPS) is 16.8. The van der Waals surface area contributed by atoms with Gasteiger partial charge in [0.05, 0.1) is 13.2 Å². The predicted molar refractivity (Wildman–Crippen MR) is 68.6 cm³/mol. The monoisotopic (exact) mass is 273 g/mol. The standard InChI is InChI=1S/C13H23NO5/c1-3-5-11(15)18-12(6-4-2)19-13(16)14-7-9-17-10-8-14/h12H,3-10H2,1-2H3. The van der Waals surface area contributed by atoms with Crippen molar-refractivity contribution in [1.82, 2.24) is 4.90 Å². The van der Waals surface area contributed by atoms with Crippen LogP contribution in [0.3, 0.4) is 0 Å². The van der Waals surface area contributed by atoms with Crippen LogP contribution in [0.2, 0.25) is 0 Å². The lowest BCUT2D eigenvalue weighted by Crippen LogP contribution is -2.42. The van der Waals surface area contributed by atoms with Gasteiger partial charge >= 0.3 is 12.1 Å². The van der Waals surface area contributed by atoms with Gasteiger partial charge in [0.25, 0.3) is 0 Å². The van der Waals surface area contributed by atoms with Gasteiger partial charge in [0, 0.05) is 25.9 Å². The molecule has 1 aliphatic rings. The van der Waals surface area contributed by atoms with E-state index in [4.69, 9.17) is 14.2 Å². The van der Waals surface area contributed by atoms with Crippen molar-refractivity contribution in [2.75, 3.05) is 26.3 Å². The molecule has 110 valence electrons. The lowest BCUT2D eigenvalue weighted by atomic mass is 10.3. The van der Waals surface area contributed by atoms with Crippen molar-refractivity contribution in [2.45, 2.75) is 45.8 Å². The summed E-state index contributed by atoms with van der Waals surface area (Å²) in [4.78, 5) is 24.9. The van der Waals surface area contributed by atoms with E-state index in [1.807, 2.05) is 13.8 Å². The summed E-state index contributed by atoms with van der Waals surface area (Å²) in [5.74, 6) is -0.323. The van der Waals surface area contributed by atoms with Crippen molar-refractivity contribution in [3.8, 4) is 0 Å². The van der Waals surface area contributed by atoms with E-state index < -0.39 is 12.4 Å². The van der Waals surface area contributed by atoms with E-state index in [1.165, 1.54) is 0 Å². The van der Waals surface area contributed by atoms with Gasteiger partial charge in [-0.15, -0.1) is 0 Å². The zero-order valence-corrected chi connectivity index (χ0v) is 11.7. The number of nitrogens with zero attached hydrogens (tertiary/aromatic N) is 1. The zero-order valence-electron chi connectivity index (χ0n) is 11.7. The number of rotatable bonds is 6. The molecule has 0 radical (unpaired) electrons. The maximum atomic E-state index is 11.9. The van der Waals surface area contributed by atoms with E-state index in [-0.39, 0.29) is 5.97 Å². The third-order valence-electron chi connectivity index (χ3n) is 2.74. The Morgan fingerprint density at radius 1 is 1.16 bits per heavy atom. The van der Waals surface area contributed by atoms with Crippen LogP contribution in [-0.2, 0) is 19.0 Å². The molecule has 0 aliphatic carbocycles. The molecular formula is C13H23NO5. The molecule has 1 atom stereocenters. The molecule has 1 heterocycles. The molecule has 0 saturated carbocycles. The first-order chi connectivity index (χ1) is 9.17. The second kappa shape index (κ2) is 8.74. The first-order valence-corrected chi connectivity index (χ1v) is 6.90. The lowest BCUT2D eigenvalue weighted by Gasteiger charge is -2.28. The number of morpholine rings is 1. The molecule has 0 bridgehead atoms. The molecule has 0 spiro atoms. The Morgan fingerprint density at radius 2 is 1.84 bits per heavy atom. The molecule has 1 unspecified atom stereocenters. The Labute approximate surface area is 114 Å². The Hall–Kier alpha value is -1.30. The summed E-state index contributed by atoms with van der Waals surface area (Å²) in [6, 6.07) is 0. The minimum atomic E-state index is -0.778. The highest BCUT2D eigenvalue weighted by Gasteiger charge is 2.23. The molecule has 1 saturated heterocycles. The van der Waals surface area contributed by atoms with Crippen molar-refractivity contribution in [2.24, 2.45) is 0 Å². The van der Waals surface area contributed by atoms with Crippen LogP contribution in [0, 0.1) is 0 Å². The topological polar surface area (TPSA) is 65.1 Å². The predicted octanol–water partition coefficient (Wildman–Crippen LogP) is 1.92. The van der Waals surface area contributed by atoms with Crippen LogP contribution in [0.1, 0.15) is 39.5 Å². The Morgan fingerprint density at radius 3 is 2.42 bits per heavy atom. The summed E-state index contributed by atoms with van der Waals surface area (Å²) in [6.07, 6.45) is 1.14. The second-order valence-corrected chi connectivity index (χ2v) is 4.44. The van der Waals surface area contributed by atoms with Crippen molar-refractivity contribution in [1.29, 1.82) is 0 Å². The second-order valence-electron chi connectivity index (χ2n) is 4.44. The Balaban J connectivity index is 2.42. The minimum Gasteiger partial charge on any atom is -0.425 e. The molecule has 6 heteroatoms. The first kappa shape index (κ1) is 15.8. The zero-order chi connectivity index (χ0) is 14.1. The first-order valence-electron chi connectivity index (χ1n) is 6.90. The third kappa shape index (κ3) is 5.92. The summed E-state index contributed by atoms with van der Waals surface area (Å²) in [5.41, 5.74) is 0. The molecule has 1 fully saturated rings. The van der Waals surface area contributed by atoms with Crippen molar-refractivity contribution in [3.05, 3.63) is 0 Å². The molecule has 6 nitrogen and oxygen atoms in total. The molecule has 19 heavy (non-hydrogen) atoms. The summed E-state index contributed by atoms with van der Waals surface area (Å²) in [7, 11) is 0. The fourth-order valence-corrected chi connectivity index (χ4v) is 1.72. The summed E-state index contributed by atoms with van der Waals surface area (Å²) < 4.78 is 15.6. The molecule has 1 aliphatic heterocycles. The quantitative estimate of drug-likeness (QED) is 0.546. The highest BCUT2D eigenvalue weighted by molar-refractivity contribution is 5.70. The summed E-state index contributed by atoms with van der Waals surface area (Å²) >= 11 is 0. The number of carbonyl (C=O) groups is 2. The number of carbonyl (C=O) groups excluding carboxylic acids is 2. The average Bonchev–Trinajstić information content (AvgIpc) is 2.40. The van der Waals surface area contributed by atoms with Crippen LogP contribution in [0.25, 0.3) is 0 Å².